The zero-order chi connectivity index (χ0) is 29.5. The highest BCUT2D eigenvalue weighted by Crippen LogP contribution is 2.33. The van der Waals surface area contributed by atoms with Crippen LogP contribution in [0.25, 0.3) is 0 Å². The summed E-state index contributed by atoms with van der Waals surface area (Å²) in [6.45, 7) is 1.34. The van der Waals surface area contributed by atoms with Crippen molar-refractivity contribution in [2.45, 2.75) is 31.5 Å². The molecule has 0 spiro atoms. The maximum atomic E-state index is 15.2. The third-order valence-corrected chi connectivity index (χ3v) is 8.12. The molecule has 3 heterocycles. The summed E-state index contributed by atoms with van der Waals surface area (Å²) in [7, 11) is 0. The van der Waals surface area contributed by atoms with Gasteiger partial charge in [0.2, 0.25) is 11.8 Å². The highest BCUT2D eigenvalue weighted by atomic mass is 19.1. The number of nitrogens with zero attached hydrogens (tertiary/aromatic N) is 3. The Morgan fingerprint density at radius 3 is 2.10 bits per heavy atom. The fraction of sp³-hybridized carbons (Fsp3) is 0.290. The fourth-order valence-corrected chi connectivity index (χ4v) is 6.11. The highest BCUT2D eigenvalue weighted by Gasteiger charge is 2.41. The third kappa shape index (κ3) is 5.16. The number of carbonyl (C=O) groups excluding carboxylic acids is 4. The first-order chi connectivity index (χ1) is 20.2. The molecule has 0 radical (unpaired) electrons. The van der Waals surface area contributed by atoms with Crippen molar-refractivity contribution >= 4 is 23.6 Å². The van der Waals surface area contributed by atoms with Crippen molar-refractivity contribution in [2.24, 2.45) is 0 Å². The number of piperazine rings is 1. The molecule has 2 saturated heterocycles. The summed E-state index contributed by atoms with van der Waals surface area (Å²) in [6, 6.07) is 13.5. The van der Waals surface area contributed by atoms with Crippen LogP contribution in [0.5, 0.6) is 0 Å². The Bertz CT molecular complexity index is 1560. The molecule has 11 heteroatoms. The lowest BCUT2D eigenvalue weighted by Gasteiger charge is -2.40. The molecule has 0 saturated carbocycles. The normalized spacial score (nSPS) is 19.3. The molecule has 0 aliphatic carbocycles. The van der Waals surface area contributed by atoms with E-state index in [0.717, 1.165) is 6.07 Å². The monoisotopic (exact) mass is 576 g/mol. The van der Waals surface area contributed by atoms with Gasteiger partial charge in [-0.25, -0.2) is 13.2 Å². The molecule has 2 fully saturated rings. The Balaban J connectivity index is 1.18. The van der Waals surface area contributed by atoms with Gasteiger partial charge in [0.25, 0.3) is 11.8 Å². The Hall–Kier alpha value is -4.51. The summed E-state index contributed by atoms with van der Waals surface area (Å²) in [4.78, 5) is 55.1. The summed E-state index contributed by atoms with van der Waals surface area (Å²) in [5, 5.41) is 2.21. The van der Waals surface area contributed by atoms with Crippen molar-refractivity contribution in [3.05, 3.63) is 106 Å². The molecule has 1 atom stereocenters. The average molecular weight is 577 g/mol. The maximum Gasteiger partial charge on any atom is 0.258 e. The quantitative estimate of drug-likeness (QED) is 0.471. The van der Waals surface area contributed by atoms with Gasteiger partial charge in [-0.3, -0.25) is 29.4 Å². The minimum atomic E-state index is -0.890. The smallest absolute Gasteiger partial charge is 0.258 e. The molecule has 3 aliphatic heterocycles. The molecule has 3 aromatic carbocycles. The number of benzene rings is 3. The van der Waals surface area contributed by atoms with E-state index in [2.05, 4.69) is 5.32 Å². The predicted molar refractivity (Wildman–Crippen MR) is 145 cm³/mol. The number of halogens is 3. The Morgan fingerprint density at radius 1 is 0.857 bits per heavy atom. The van der Waals surface area contributed by atoms with E-state index in [1.54, 1.807) is 29.2 Å². The molecule has 1 N–H and O–H groups in total. The number of carbonyl (C=O) groups is 4. The second kappa shape index (κ2) is 11.1. The number of nitrogens with one attached hydrogen (secondary N) is 1. The number of piperidine rings is 1. The van der Waals surface area contributed by atoms with Gasteiger partial charge in [-0.05, 0) is 59.5 Å². The van der Waals surface area contributed by atoms with Crippen LogP contribution in [-0.2, 0) is 16.1 Å². The average Bonchev–Trinajstić information content (AvgIpc) is 3.29. The van der Waals surface area contributed by atoms with Crippen LogP contribution in [0.1, 0.15) is 56.3 Å². The third-order valence-electron chi connectivity index (χ3n) is 8.12. The van der Waals surface area contributed by atoms with Gasteiger partial charge in [-0.1, -0.05) is 24.3 Å². The molecule has 3 aliphatic rings. The molecule has 42 heavy (non-hydrogen) atoms. The molecule has 3 aromatic rings. The van der Waals surface area contributed by atoms with E-state index in [1.165, 1.54) is 35.2 Å². The second-order valence-electron chi connectivity index (χ2n) is 10.7. The van der Waals surface area contributed by atoms with Crippen LogP contribution < -0.4 is 5.32 Å². The zero-order valence-corrected chi connectivity index (χ0v) is 22.5. The molecule has 4 amide bonds. The Morgan fingerprint density at radius 2 is 1.50 bits per heavy atom. The van der Waals surface area contributed by atoms with E-state index in [4.69, 9.17) is 0 Å². The van der Waals surface area contributed by atoms with E-state index in [9.17, 15) is 28.0 Å². The molecule has 0 aromatic heterocycles. The summed E-state index contributed by atoms with van der Waals surface area (Å²) in [5.41, 5.74) is 1.54. The summed E-state index contributed by atoms with van der Waals surface area (Å²) < 4.78 is 43.5. The largest absolute Gasteiger partial charge is 0.336 e. The van der Waals surface area contributed by atoms with E-state index in [0.29, 0.717) is 42.9 Å². The lowest BCUT2D eigenvalue weighted by atomic mass is 9.96. The lowest BCUT2D eigenvalue weighted by Crippen LogP contribution is -2.52. The predicted octanol–water partition coefficient (Wildman–Crippen LogP) is 3.41. The summed E-state index contributed by atoms with van der Waals surface area (Å²) in [5.74, 6) is -3.73. The number of rotatable bonds is 5. The minimum absolute atomic E-state index is 0.0464. The van der Waals surface area contributed by atoms with Gasteiger partial charge in [-0.2, -0.15) is 0 Å². The Kier molecular flexibility index (Phi) is 7.28. The lowest BCUT2D eigenvalue weighted by molar-refractivity contribution is -0.136. The van der Waals surface area contributed by atoms with Crippen molar-refractivity contribution in [3.63, 3.8) is 0 Å². The van der Waals surface area contributed by atoms with Crippen LogP contribution in [0.15, 0.2) is 60.7 Å². The molecule has 6 rings (SSSR count). The summed E-state index contributed by atoms with van der Waals surface area (Å²) in [6.07, 6.45) is 0.225. The standard InChI is InChI=1S/C31H27F3N4O4/c32-22-5-1-3-18(14-22)28(19-4-2-6-23(33)15-19)36-9-11-37(12-10-36)30(41)20-13-21-17-38(31(42)27(21)24(34)16-20)25-7-8-26(39)35-29(25)40/h1-6,13-16,25,28H,7-12,17H2,(H,35,39,40). The molecule has 216 valence electrons. The SMILES string of the molecule is O=C1CCC(N2Cc3cc(C(=O)N4CCN(C(c5cccc(F)c5)c5cccc(F)c5)CC4)cc(F)c3C2=O)C(=O)N1. The van der Waals surface area contributed by atoms with E-state index < -0.39 is 53.2 Å². The maximum absolute atomic E-state index is 15.2. The van der Waals surface area contributed by atoms with Gasteiger partial charge < -0.3 is 9.80 Å². The molecule has 8 nitrogen and oxygen atoms in total. The number of amides is 4. The highest BCUT2D eigenvalue weighted by molar-refractivity contribution is 6.06. The first-order valence-corrected chi connectivity index (χ1v) is 13.7. The van der Waals surface area contributed by atoms with Crippen LogP contribution >= 0.6 is 0 Å². The van der Waals surface area contributed by atoms with Gasteiger partial charge in [-0.15, -0.1) is 0 Å². The van der Waals surface area contributed by atoms with Crippen molar-refractivity contribution in [2.75, 3.05) is 26.2 Å². The van der Waals surface area contributed by atoms with Crippen molar-refractivity contribution in [1.29, 1.82) is 0 Å². The first-order valence-electron chi connectivity index (χ1n) is 13.7. The van der Waals surface area contributed by atoms with E-state index in [-0.39, 0.29) is 30.5 Å². The first kappa shape index (κ1) is 27.6. The van der Waals surface area contributed by atoms with E-state index >= 15 is 4.39 Å². The second-order valence-corrected chi connectivity index (χ2v) is 10.7. The van der Waals surface area contributed by atoms with Crippen molar-refractivity contribution in [1.82, 2.24) is 20.0 Å². The van der Waals surface area contributed by atoms with Crippen LogP contribution in [-0.4, -0.2) is 70.5 Å². The van der Waals surface area contributed by atoms with E-state index in [1.807, 2.05) is 4.90 Å². The van der Waals surface area contributed by atoms with Crippen LogP contribution in [0.3, 0.4) is 0 Å². The van der Waals surface area contributed by atoms with Gasteiger partial charge in [0.15, 0.2) is 0 Å². The molecule has 0 bridgehead atoms. The zero-order valence-electron chi connectivity index (χ0n) is 22.5. The minimum Gasteiger partial charge on any atom is -0.336 e. The van der Waals surface area contributed by atoms with Gasteiger partial charge >= 0.3 is 0 Å². The molecular weight excluding hydrogens is 549 g/mol. The van der Waals surface area contributed by atoms with Crippen LogP contribution in [0.4, 0.5) is 13.2 Å². The fourth-order valence-electron chi connectivity index (χ4n) is 6.11. The van der Waals surface area contributed by atoms with Gasteiger partial charge in [0.05, 0.1) is 11.6 Å². The molecule has 1 unspecified atom stereocenters. The number of hydrogen-bond acceptors (Lipinski definition) is 5. The van der Waals surface area contributed by atoms with Gasteiger partial charge in [0, 0.05) is 44.7 Å². The molecular formula is C31H27F3N4O4. The number of fused-ring (bicyclic) bond motifs is 1. The van der Waals surface area contributed by atoms with Gasteiger partial charge in [0.1, 0.15) is 23.5 Å². The van der Waals surface area contributed by atoms with Crippen molar-refractivity contribution in [3.8, 4) is 0 Å². The van der Waals surface area contributed by atoms with Crippen LogP contribution in [0, 0.1) is 17.5 Å². The number of hydrogen-bond donors (Lipinski definition) is 1. The number of imide groups is 1. The Labute approximate surface area is 239 Å². The topological polar surface area (TPSA) is 90.0 Å². The van der Waals surface area contributed by atoms with Crippen molar-refractivity contribution < 1.29 is 32.3 Å². The summed E-state index contributed by atoms with van der Waals surface area (Å²) >= 11 is 0. The van der Waals surface area contributed by atoms with Crippen LogP contribution in [0.2, 0.25) is 0 Å².